The van der Waals surface area contributed by atoms with E-state index in [-0.39, 0.29) is 12.2 Å². The Kier molecular flexibility index (Phi) is 3.24. The van der Waals surface area contributed by atoms with Crippen molar-refractivity contribution in [3.05, 3.63) is 47.9 Å². The van der Waals surface area contributed by atoms with Crippen LogP contribution >= 0.6 is 0 Å². The standard InChI is InChI=1S/C11H10F2N4/c12-7-2-1-3-8(11(7)13)16-9-4-5-15-10(6-14)17-9/h1-5H,6,14H2,(H,15,16,17). The van der Waals surface area contributed by atoms with Crippen LogP contribution < -0.4 is 11.1 Å². The van der Waals surface area contributed by atoms with E-state index in [1.165, 1.54) is 18.3 Å². The minimum atomic E-state index is -0.944. The molecule has 0 amide bonds. The summed E-state index contributed by atoms with van der Waals surface area (Å²) in [4.78, 5) is 7.92. The monoisotopic (exact) mass is 236 g/mol. The van der Waals surface area contributed by atoms with E-state index >= 15 is 0 Å². The van der Waals surface area contributed by atoms with Gasteiger partial charge in [0.25, 0.3) is 0 Å². The first-order valence-corrected chi connectivity index (χ1v) is 4.93. The van der Waals surface area contributed by atoms with Crippen LogP contribution in [-0.2, 0) is 6.54 Å². The number of hydrogen-bond acceptors (Lipinski definition) is 4. The number of anilines is 2. The molecule has 0 fully saturated rings. The highest BCUT2D eigenvalue weighted by Gasteiger charge is 2.08. The summed E-state index contributed by atoms with van der Waals surface area (Å²) in [6.07, 6.45) is 1.49. The van der Waals surface area contributed by atoms with Gasteiger partial charge in [0, 0.05) is 6.20 Å². The Morgan fingerprint density at radius 3 is 2.82 bits per heavy atom. The number of hydrogen-bond donors (Lipinski definition) is 2. The predicted octanol–water partition coefficient (Wildman–Crippen LogP) is 1.96. The van der Waals surface area contributed by atoms with E-state index < -0.39 is 11.6 Å². The average Bonchev–Trinajstić information content (AvgIpc) is 2.35. The molecule has 88 valence electrons. The molecule has 0 saturated heterocycles. The lowest BCUT2D eigenvalue weighted by Crippen LogP contribution is -2.05. The average molecular weight is 236 g/mol. The second-order valence-electron chi connectivity index (χ2n) is 3.29. The van der Waals surface area contributed by atoms with Gasteiger partial charge in [-0.15, -0.1) is 0 Å². The Morgan fingerprint density at radius 2 is 2.06 bits per heavy atom. The van der Waals surface area contributed by atoms with E-state index in [0.717, 1.165) is 6.07 Å². The van der Waals surface area contributed by atoms with Crippen LogP contribution in [0.1, 0.15) is 5.82 Å². The van der Waals surface area contributed by atoms with Crippen LogP contribution in [0.3, 0.4) is 0 Å². The summed E-state index contributed by atoms with van der Waals surface area (Å²) in [6, 6.07) is 5.42. The van der Waals surface area contributed by atoms with E-state index in [1.54, 1.807) is 6.07 Å². The fourth-order valence-corrected chi connectivity index (χ4v) is 1.31. The van der Waals surface area contributed by atoms with Gasteiger partial charge in [-0.2, -0.15) is 0 Å². The third kappa shape index (κ3) is 2.54. The van der Waals surface area contributed by atoms with Crippen LogP contribution in [0.25, 0.3) is 0 Å². The maximum Gasteiger partial charge on any atom is 0.182 e. The second kappa shape index (κ2) is 4.84. The largest absolute Gasteiger partial charge is 0.338 e. The summed E-state index contributed by atoms with van der Waals surface area (Å²) in [5.41, 5.74) is 5.40. The molecule has 0 radical (unpaired) electrons. The van der Waals surface area contributed by atoms with E-state index in [2.05, 4.69) is 15.3 Å². The normalized spacial score (nSPS) is 10.3. The maximum absolute atomic E-state index is 13.4. The third-order valence-electron chi connectivity index (χ3n) is 2.10. The molecule has 2 rings (SSSR count). The van der Waals surface area contributed by atoms with Gasteiger partial charge in [0.1, 0.15) is 11.6 Å². The Hall–Kier alpha value is -2.08. The summed E-state index contributed by atoms with van der Waals surface area (Å²) in [5.74, 6) is -1.07. The smallest absolute Gasteiger partial charge is 0.182 e. The van der Waals surface area contributed by atoms with Crippen LogP contribution in [0, 0.1) is 11.6 Å². The molecule has 6 heteroatoms. The fraction of sp³-hybridized carbons (Fsp3) is 0.0909. The molecule has 4 nitrogen and oxygen atoms in total. The Balaban J connectivity index is 2.28. The van der Waals surface area contributed by atoms with Crippen LogP contribution in [0.15, 0.2) is 30.5 Å². The Morgan fingerprint density at radius 1 is 1.24 bits per heavy atom. The molecule has 0 bridgehead atoms. The van der Waals surface area contributed by atoms with Crippen molar-refractivity contribution in [1.82, 2.24) is 9.97 Å². The molecule has 0 atom stereocenters. The lowest BCUT2D eigenvalue weighted by Gasteiger charge is -2.07. The van der Waals surface area contributed by atoms with Gasteiger partial charge in [-0.1, -0.05) is 6.07 Å². The van der Waals surface area contributed by atoms with E-state index in [9.17, 15) is 8.78 Å². The number of aromatic nitrogens is 2. The third-order valence-corrected chi connectivity index (χ3v) is 2.10. The summed E-state index contributed by atoms with van der Waals surface area (Å²) in [7, 11) is 0. The van der Waals surface area contributed by atoms with Crippen molar-refractivity contribution in [2.75, 3.05) is 5.32 Å². The summed E-state index contributed by atoms with van der Waals surface area (Å²) >= 11 is 0. The van der Waals surface area contributed by atoms with Crippen molar-refractivity contribution >= 4 is 11.5 Å². The van der Waals surface area contributed by atoms with Gasteiger partial charge in [0.2, 0.25) is 0 Å². The maximum atomic E-state index is 13.4. The zero-order valence-electron chi connectivity index (χ0n) is 8.82. The van der Waals surface area contributed by atoms with Gasteiger partial charge in [0.15, 0.2) is 11.6 Å². The molecule has 17 heavy (non-hydrogen) atoms. The van der Waals surface area contributed by atoms with Gasteiger partial charge >= 0.3 is 0 Å². The van der Waals surface area contributed by atoms with E-state index in [1.807, 2.05) is 0 Å². The van der Waals surface area contributed by atoms with Gasteiger partial charge in [-0.05, 0) is 18.2 Å². The topological polar surface area (TPSA) is 63.8 Å². The number of nitrogens with two attached hydrogens (primary N) is 1. The van der Waals surface area contributed by atoms with Crippen molar-refractivity contribution in [3.8, 4) is 0 Å². The molecule has 0 unspecified atom stereocenters. The molecule has 1 aromatic heterocycles. The molecule has 1 heterocycles. The van der Waals surface area contributed by atoms with Gasteiger partial charge < -0.3 is 11.1 Å². The number of benzene rings is 1. The molecular formula is C11H10F2N4. The zero-order valence-corrected chi connectivity index (χ0v) is 8.82. The van der Waals surface area contributed by atoms with E-state index in [4.69, 9.17) is 5.73 Å². The molecular weight excluding hydrogens is 226 g/mol. The lowest BCUT2D eigenvalue weighted by atomic mass is 10.3. The summed E-state index contributed by atoms with van der Waals surface area (Å²) in [6.45, 7) is 0.182. The second-order valence-corrected chi connectivity index (χ2v) is 3.29. The molecule has 0 spiro atoms. The van der Waals surface area contributed by atoms with Crippen molar-refractivity contribution in [1.29, 1.82) is 0 Å². The Labute approximate surface area is 96.5 Å². The summed E-state index contributed by atoms with van der Waals surface area (Å²) < 4.78 is 26.3. The molecule has 0 aliphatic carbocycles. The zero-order chi connectivity index (χ0) is 12.3. The fourth-order valence-electron chi connectivity index (χ4n) is 1.31. The van der Waals surface area contributed by atoms with Crippen molar-refractivity contribution in [3.63, 3.8) is 0 Å². The minimum Gasteiger partial charge on any atom is -0.338 e. The van der Waals surface area contributed by atoms with Gasteiger partial charge in [-0.25, -0.2) is 18.7 Å². The van der Waals surface area contributed by atoms with Crippen LogP contribution in [0.4, 0.5) is 20.3 Å². The number of nitrogens with zero attached hydrogens (tertiary/aromatic N) is 2. The minimum absolute atomic E-state index is 0.0201. The lowest BCUT2D eigenvalue weighted by molar-refractivity contribution is 0.511. The first-order chi connectivity index (χ1) is 8.20. The molecule has 0 saturated carbocycles. The number of rotatable bonds is 3. The molecule has 3 N–H and O–H groups in total. The highest BCUT2D eigenvalue weighted by atomic mass is 19.2. The van der Waals surface area contributed by atoms with Gasteiger partial charge in [-0.3, -0.25) is 0 Å². The predicted molar refractivity (Wildman–Crippen MR) is 59.6 cm³/mol. The van der Waals surface area contributed by atoms with Crippen molar-refractivity contribution in [2.45, 2.75) is 6.54 Å². The van der Waals surface area contributed by atoms with Crippen molar-refractivity contribution in [2.24, 2.45) is 5.73 Å². The van der Waals surface area contributed by atoms with E-state index in [0.29, 0.717) is 11.6 Å². The number of halogens is 2. The Bertz CT molecular complexity index is 531. The van der Waals surface area contributed by atoms with Crippen LogP contribution in [0.5, 0.6) is 0 Å². The molecule has 0 aliphatic heterocycles. The molecule has 0 aliphatic rings. The molecule has 1 aromatic carbocycles. The van der Waals surface area contributed by atoms with Crippen LogP contribution in [0.2, 0.25) is 0 Å². The first-order valence-electron chi connectivity index (χ1n) is 4.93. The first kappa shape index (κ1) is 11.4. The van der Waals surface area contributed by atoms with Gasteiger partial charge in [0.05, 0.1) is 12.2 Å². The SMILES string of the molecule is NCc1nccc(Nc2cccc(F)c2F)n1. The van der Waals surface area contributed by atoms with Crippen molar-refractivity contribution < 1.29 is 8.78 Å². The highest BCUT2D eigenvalue weighted by Crippen LogP contribution is 2.20. The van der Waals surface area contributed by atoms with Crippen LogP contribution in [-0.4, -0.2) is 9.97 Å². The molecule has 2 aromatic rings. The highest BCUT2D eigenvalue weighted by molar-refractivity contribution is 5.56. The summed E-state index contributed by atoms with van der Waals surface area (Å²) in [5, 5.41) is 2.67. The quantitative estimate of drug-likeness (QED) is 0.855. The number of nitrogens with one attached hydrogen (secondary N) is 1.